The van der Waals surface area contributed by atoms with Crippen LogP contribution >= 0.6 is 35.4 Å². The maximum atomic E-state index is 12.5. The van der Waals surface area contributed by atoms with E-state index in [-0.39, 0.29) is 4.77 Å². The fourth-order valence-electron chi connectivity index (χ4n) is 2.69. The highest BCUT2D eigenvalue weighted by molar-refractivity contribution is 7.71. The van der Waals surface area contributed by atoms with Gasteiger partial charge in [0.15, 0.2) is 17.3 Å². The van der Waals surface area contributed by atoms with Gasteiger partial charge in [0.25, 0.3) is 5.91 Å². The summed E-state index contributed by atoms with van der Waals surface area (Å²) in [6.45, 7) is 2.30. The predicted octanol–water partition coefficient (Wildman–Crippen LogP) is 5.11. The second-order valence-corrected chi connectivity index (χ2v) is 7.15. The van der Waals surface area contributed by atoms with Crippen LogP contribution < -0.4 is 14.9 Å². The molecule has 0 fully saturated rings. The molecule has 30 heavy (non-hydrogen) atoms. The molecule has 10 heteroatoms. The van der Waals surface area contributed by atoms with E-state index in [0.29, 0.717) is 45.1 Å². The maximum absolute atomic E-state index is 12.5. The number of carbonyl (C=O) groups excluding carboxylic acids is 1. The summed E-state index contributed by atoms with van der Waals surface area (Å²) in [5.41, 5.74) is 3.97. The topological polar surface area (TPSA) is 81.2 Å². The van der Waals surface area contributed by atoms with E-state index in [1.54, 1.807) is 36.4 Å². The van der Waals surface area contributed by atoms with Crippen molar-refractivity contribution in [1.82, 2.24) is 14.9 Å². The quantitative estimate of drug-likeness (QED) is 0.375. The molecule has 0 aliphatic heterocycles. The summed E-state index contributed by atoms with van der Waals surface area (Å²) in [4.78, 5) is 12.5. The molecule has 0 atom stereocenters. The number of methoxy groups -OCH3 is 1. The Labute approximate surface area is 188 Å². The molecule has 156 valence electrons. The van der Waals surface area contributed by atoms with Gasteiger partial charge in [-0.05, 0) is 55.0 Å². The summed E-state index contributed by atoms with van der Waals surface area (Å²) in [5, 5.41) is 7.67. The Hall–Kier alpha value is -2.81. The van der Waals surface area contributed by atoms with Crippen LogP contribution in [0.3, 0.4) is 0 Å². The van der Waals surface area contributed by atoms with Crippen LogP contribution in [0.5, 0.6) is 11.5 Å². The van der Waals surface area contributed by atoms with Gasteiger partial charge in [-0.15, -0.1) is 0 Å². The van der Waals surface area contributed by atoms with E-state index in [0.717, 1.165) is 0 Å². The lowest BCUT2D eigenvalue weighted by Gasteiger charge is -2.12. The van der Waals surface area contributed by atoms with Gasteiger partial charge in [-0.2, -0.15) is 5.10 Å². The SMILES string of the molecule is CCOc1cc(/C=C/C(=O)Nn2c(-c3ccccc3Cl)n[nH]c2=S)cc(Cl)c1OC. The third-order valence-electron chi connectivity index (χ3n) is 3.97. The summed E-state index contributed by atoms with van der Waals surface area (Å²) in [5.74, 6) is 0.893. The lowest BCUT2D eigenvalue weighted by Crippen LogP contribution is -2.22. The third kappa shape index (κ3) is 4.84. The monoisotopic (exact) mass is 464 g/mol. The Morgan fingerprint density at radius 1 is 1.30 bits per heavy atom. The van der Waals surface area contributed by atoms with Gasteiger partial charge in [-0.1, -0.05) is 35.3 Å². The van der Waals surface area contributed by atoms with Crippen molar-refractivity contribution in [3.63, 3.8) is 0 Å². The fourth-order valence-corrected chi connectivity index (χ4v) is 3.38. The number of hydrogen-bond acceptors (Lipinski definition) is 5. The normalized spacial score (nSPS) is 10.9. The first-order valence-electron chi connectivity index (χ1n) is 8.86. The molecule has 0 saturated carbocycles. The summed E-state index contributed by atoms with van der Waals surface area (Å²) in [7, 11) is 1.51. The van der Waals surface area contributed by atoms with E-state index < -0.39 is 5.91 Å². The van der Waals surface area contributed by atoms with Gasteiger partial charge in [0.05, 0.1) is 23.8 Å². The predicted molar refractivity (Wildman–Crippen MR) is 120 cm³/mol. The number of benzene rings is 2. The van der Waals surface area contributed by atoms with Crippen LogP contribution in [0, 0.1) is 4.77 Å². The minimum atomic E-state index is -0.425. The highest BCUT2D eigenvalue weighted by Crippen LogP contribution is 2.36. The van der Waals surface area contributed by atoms with Gasteiger partial charge in [0, 0.05) is 11.6 Å². The van der Waals surface area contributed by atoms with Gasteiger partial charge in [0.2, 0.25) is 4.77 Å². The van der Waals surface area contributed by atoms with Gasteiger partial charge >= 0.3 is 0 Å². The summed E-state index contributed by atoms with van der Waals surface area (Å²) >= 11 is 17.7. The van der Waals surface area contributed by atoms with Gasteiger partial charge in [-0.3, -0.25) is 10.2 Å². The number of carbonyl (C=O) groups is 1. The lowest BCUT2D eigenvalue weighted by atomic mass is 10.2. The average Bonchev–Trinajstić information content (AvgIpc) is 3.07. The smallest absolute Gasteiger partial charge is 0.262 e. The average molecular weight is 465 g/mol. The summed E-state index contributed by atoms with van der Waals surface area (Å²) in [6, 6.07) is 10.5. The first-order valence-corrected chi connectivity index (χ1v) is 10.0. The molecule has 0 radical (unpaired) electrons. The van der Waals surface area contributed by atoms with E-state index in [2.05, 4.69) is 15.6 Å². The number of nitrogens with zero attached hydrogens (tertiary/aromatic N) is 2. The standard InChI is InChI=1S/C20H18Cl2N4O3S/c1-3-29-16-11-12(10-15(22)18(16)28-2)8-9-17(27)25-26-19(23-24-20(26)30)13-6-4-5-7-14(13)21/h4-11H,3H2,1-2H3,(H,24,30)(H,25,27)/b9-8+. The summed E-state index contributed by atoms with van der Waals surface area (Å²) < 4.78 is 12.4. The number of amides is 1. The molecule has 3 aromatic rings. The minimum Gasteiger partial charge on any atom is -0.491 e. The summed E-state index contributed by atoms with van der Waals surface area (Å²) in [6.07, 6.45) is 2.95. The fraction of sp³-hybridized carbons (Fsp3) is 0.150. The van der Waals surface area contributed by atoms with Crippen molar-refractivity contribution in [3.05, 3.63) is 62.9 Å². The molecule has 0 aliphatic rings. The van der Waals surface area contributed by atoms with E-state index in [1.165, 1.54) is 17.9 Å². The van der Waals surface area contributed by atoms with Crippen molar-refractivity contribution in [3.8, 4) is 22.9 Å². The van der Waals surface area contributed by atoms with Gasteiger partial charge < -0.3 is 9.47 Å². The van der Waals surface area contributed by atoms with Crippen LogP contribution in [0.25, 0.3) is 17.5 Å². The number of nitrogens with one attached hydrogen (secondary N) is 2. The van der Waals surface area contributed by atoms with E-state index in [9.17, 15) is 4.79 Å². The zero-order valence-corrected chi connectivity index (χ0v) is 18.4. The molecule has 0 saturated heterocycles. The highest BCUT2D eigenvalue weighted by atomic mass is 35.5. The number of halogens is 2. The molecule has 3 rings (SSSR count). The van der Waals surface area contributed by atoms with Crippen molar-refractivity contribution < 1.29 is 14.3 Å². The van der Waals surface area contributed by atoms with E-state index in [4.69, 9.17) is 44.9 Å². The Morgan fingerprint density at radius 2 is 2.07 bits per heavy atom. The molecular weight excluding hydrogens is 447 g/mol. The molecule has 1 heterocycles. The van der Waals surface area contributed by atoms with Crippen molar-refractivity contribution in [1.29, 1.82) is 0 Å². The maximum Gasteiger partial charge on any atom is 0.262 e. The molecular formula is C20H18Cl2N4O3S. The first kappa shape index (κ1) is 21.9. The van der Waals surface area contributed by atoms with Crippen molar-refractivity contribution in [2.45, 2.75) is 6.92 Å². The van der Waals surface area contributed by atoms with E-state index >= 15 is 0 Å². The number of ether oxygens (including phenoxy) is 2. The highest BCUT2D eigenvalue weighted by Gasteiger charge is 2.14. The second-order valence-electron chi connectivity index (χ2n) is 5.94. The first-order chi connectivity index (χ1) is 14.4. The number of rotatable bonds is 7. The van der Waals surface area contributed by atoms with Crippen LogP contribution in [-0.4, -0.2) is 34.5 Å². The number of H-pyrrole nitrogens is 1. The Balaban J connectivity index is 1.84. The molecule has 0 aliphatic carbocycles. The number of aromatic nitrogens is 3. The molecule has 7 nitrogen and oxygen atoms in total. The second kappa shape index (κ2) is 9.80. The van der Waals surface area contributed by atoms with Crippen molar-refractivity contribution in [2.75, 3.05) is 19.1 Å². The largest absolute Gasteiger partial charge is 0.491 e. The molecule has 2 aromatic carbocycles. The lowest BCUT2D eigenvalue weighted by molar-refractivity contribution is -0.112. The third-order valence-corrected chi connectivity index (χ3v) is 4.86. The zero-order chi connectivity index (χ0) is 21.7. The van der Waals surface area contributed by atoms with E-state index in [1.807, 2.05) is 13.0 Å². The van der Waals surface area contributed by atoms with Gasteiger partial charge in [0.1, 0.15) is 0 Å². The molecule has 0 bridgehead atoms. The van der Waals surface area contributed by atoms with Crippen LogP contribution in [0.1, 0.15) is 12.5 Å². The van der Waals surface area contributed by atoms with Crippen molar-refractivity contribution >= 4 is 47.4 Å². The van der Waals surface area contributed by atoms with Crippen LogP contribution in [-0.2, 0) is 4.79 Å². The van der Waals surface area contributed by atoms with Crippen LogP contribution in [0.2, 0.25) is 10.0 Å². The number of hydrogen-bond donors (Lipinski definition) is 2. The Kier molecular flexibility index (Phi) is 7.15. The molecule has 0 unspecified atom stereocenters. The molecule has 0 spiro atoms. The molecule has 2 N–H and O–H groups in total. The number of aromatic amines is 1. The van der Waals surface area contributed by atoms with Crippen LogP contribution in [0.15, 0.2) is 42.5 Å². The Morgan fingerprint density at radius 3 is 2.77 bits per heavy atom. The molecule has 1 aromatic heterocycles. The van der Waals surface area contributed by atoms with Crippen LogP contribution in [0.4, 0.5) is 0 Å². The Bertz CT molecular complexity index is 1160. The zero-order valence-electron chi connectivity index (χ0n) is 16.1. The molecule has 1 amide bonds. The van der Waals surface area contributed by atoms with Gasteiger partial charge in [-0.25, -0.2) is 9.77 Å². The minimum absolute atomic E-state index is 0.220. The van der Waals surface area contributed by atoms with Crippen molar-refractivity contribution in [2.24, 2.45) is 0 Å².